The average Bonchev–Trinajstić information content (AvgIpc) is 2.45. The summed E-state index contributed by atoms with van der Waals surface area (Å²) in [6.07, 6.45) is 0. The molecule has 0 heterocycles. The molecule has 0 radical (unpaired) electrons. The Balaban J connectivity index is 1.87. The van der Waals surface area contributed by atoms with Gasteiger partial charge >= 0.3 is 0 Å². The molecule has 2 rings (SSSR count). The summed E-state index contributed by atoms with van der Waals surface area (Å²) in [6.45, 7) is 0.298. The third-order valence-corrected chi connectivity index (χ3v) is 3.97. The molecule has 0 spiro atoms. The van der Waals surface area contributed by atoms with Gasteiger partial charge in [0.15, 0.2) is 0 Å². The number of sulfonamides is 1. The highest BCUT2D eigenvalue weighted by Gasteiger charge is 2.13. The second-order valence-corrected chi connectivity index (χ2v) is 5.78. The van der Waals surface area contributed by atoms with E-state index < -0.39 is 15.8 Å². The number of nitrogens with one attached hydrogen (secondary N) is 1. The van der Waals surface area contributed by atoms with Crippen LogP contribution in [0.4, 0.5) is 4.39 Å². The van der Waals surface area contributed by atoms with E-state index >= 15 is 0 Å². The number of rotatable bonds is 6. The Morgan fingerprint density at radius 3 is 2.50 bits per heavy atom. The molecule has 1 N–H and O–H groups in total. The lowest BCUT2D eigenvalue weighted by Gasteiger charge is -2.08. The van der Waals surface area contributed by atoms with E-state index in [1.165, 1.54) is 18.2 Å². The zero-order valence-corrected chi connectivity index (χ0v) is 11.4. The second kappa shape index (κ2) is 6.49. The molecule has 0 bridgehead atoms. The Morgan fingerprint density at radius 2 is 1.80 bits per heavy atom. The maximum atomic E-state index is 13.0. The summed E-state index contributed by atoms with van der Waals surface area (Å²) in [5.74, 6) is 0.0749. The molecule has 0 aliphatic carbocycles. The van der Waals surface area contributed by atoms with E-state index in [0.29, 0.717) is 5.75 Å². The fourth-order valence-electron chi connectivity index (χ4n) is 1.58. The highest BCUT2D eigenvalue weighted by atomic mass is 32.2. The first-order valence-corrected chi connectivity index (χ1v) is 7.49. The fraction of sp³-hybridized carbons (Fsp3) is 0.143. The molecule has 0 fully saturated rings. The summed E-state index contributed by atoms with van der Waals surface area (Å²) >= 11 is 0. The molecule has 2 aromatic carbocycles. The van der Waals surface area contributed by atoms with Crippen molar-refractivity contribution in [1.29, 1.82) is 0 Å². The van der Waals surface area contributed by atoms with Gasteiger partial charge in [-0.1, -0.05) is 24.3 Å². The molecule has 0 saturated heterocycles. The van der Waals surface area contributed by atoms with Gasteiger partial charge in [0, 0.05) is 6.54 Å². The number of benzene rings is 2. The zero-order valence-electron chi connectivity index (χ0n) is 10.6. The van der Waals surface area contributed by atoms with Crippen LogP contribution in [-0.2, 0) is 10.0 Å². The Kier molecular flexibility index (Phi) is 4.70. The van der Waals surface area contributed by atoms with Crippen molar-refractivity contribution in [2.75, 3.05) is 13.2 Å². The Bertz CT molecular complexity index is 659. The molecule has 0 atom stereocenters. The van der Waals surface area contributed by atoms with E-state index in [9.17, 15) is 12.8 Å². The molecule has 0 aliphatic rings. The van der Waals surface area contributed by atoms with E-state index in [2.05, 4.69) is 4.72 Å². The zero-order chi connectivity index (χ0) is 14.4. The Labute approximate surface area is 117 Å². The van der Waals surface area contributed by atoms with E-state index in [-0.39, 0.29) is 18.0 Å². The van der Waals surface area contributed by atoms with Gasteiger partial charge in [0.1, 0.15) is 18.2 Å². The Morgan fingerprint density at radius 1 is 1.05 bits per heavy atom. The molecule has 0 aromatic heterocycles. The van der Waals surface area contributed by atoms with Gasteiger partial charge in [-0.3, -0.25) is 0 Å². The molecular formula is C14H14FNO3S. The highest BCUT2D eigenvalue weighted by molar-refractivity contribution is 7.89. The quantitative estimate of drug-likeness (QED) is 0.831. The molecule has 0 aliphatic heterocycles. The van der Waals surface area contributed by atoms with Crippen molar-refractivity contribution in [1.82, 2.24) is 4.72 Å². The standard InChI is InChI=1S/C14H14FNO3S/c15-12-5-4-8-14(11-12)20(17,18)16-9-10-19-13-6-2-1-3-7-13/h1-8,11,16H,9-10H2. The number of para-hydroxylation sites is 1. The first-order valence-electron chi connectivity index (χ1n) is 6.01. The van der Waals surface area contributed by atoms with Crippen LogP contribution in [0.25, 0.3) is 0 Å². The van der Waals surface area contributed by atoms with Crippen LogP contribution in [0.15, 0.2) is 59.5 Å². The average molecular weight is 295 g/mol. The van der Waals surface area contributed by atoms with Gasteiger partial charge in [0.05, 0.1) is 4.90 Å². The SMILES string of the molecule is O=S(=O)(NCCOc1ccccc1)c1cccc(F)c1. The third-order valence-electron chi connectivity index (χ3n) is 2.51. The number of ether oxygens (including phenoxy) is 1. The van der Waals surface area contributed by atoms with Crippen molar-refractivity contribution in [3.05, 3.63) is 60.4 Å². The predicted octanol–water partition coefficient (Wildman–Crippen LogP) is 2.18. The molecule has 0 unspecified atom stereocenters. The predicted molar refractivity (Wildman–Crippen MR) is 73.5 cm³/mol. The highest BCUT2D eigenvalue weighted by Crippen LogP contribution is 2.10. The summed E-state index contributed by atoms with van der Waals surface area (Å²) in [5, 5.41) is 0. The lowest BCUT2D eigenvalue weighted by atomic mass is 10.3. The van der Waals surface area contributed by atoms with Gasteiger partial charge in [-0.25, -0.2) is 17.5 Å². The van der Waals surface area contributed by atoms with Crippen LogP contribution in [0, 0.1) is 5.82 Å². The van der Waals surface area contributed by atoms with Crippen molar-refractivity contribution >= 4 is 10.0 Å². The summed E-state index contributed by atoms with van der Waals surface area (Å²) in [6, 6.07) is 13.9. The first kappa shape index (κ1) is 14.5. The van der Waals surface area contributed by atoms with Crippen LogP contribution < -0.4 is 9.46 Å². The maximum Gasteiger partial charge on any atom is 0.240 e. The van der Waals surface area contributed by atoms with Crippen LogP contribution >= 0.6 is 0 Å². The Hall–Kier alpha value is -1.92. The molecule has 4 nitrogen and oxygen atoms in total. The molecule has 0 saturated carbocycles. The van der Waals surface area contributed by atoms with Crippen molar-refractivity contribution in [3.63, 3.8) is 0 Å². The van der Waals surface area contributed by atoms with Crippen molar-refractivity contribution in [3.8, 4) is 5.75 Å². The first-order chi connectivity index (χ1) is 9.58. The number of hydrogen-bond acceptors (Lipinski definition) is 3. The van der Waals surface area contributed by atoms with E-state index in [0.717, 1.165) is 6.07 Å². The summed E-state index contributed by atoms with van der Waals surface area (Å²) in [7, 11) is -3.71. The van der Waals surface area contributed by atoms with Gasteiger partial charge < -0.3 is 4.74 Å². The minimum atomic E-state index is -3.71. The number of halogens is 1. The van der Waals surface area contributed by atoms with E-state index in [4.69, 9.17) is 4.74 Å². The minimum absolute atomic E-state index is 0.0998. The summed E-state index contributed by atoms with van der Waals surface area (Å²) in [5.41, 5.74) is 0. The van der Waals surface area contributed by atoms with E-state index in [1.54, 1.807) is 12.1 Å². The molecule has 0 amide bonds. The van der Waals surface area contributed by atoms with Crippen molar-refractivity contribution < 1.29 is 17.5 Å². The van der Waals surface area contributed by atoms with Gasteiger partial charge in [0.2, 0.25) is 10.0 Å². The molecule has 6 heteroatoms. The monoisotopic (exact) mass is 295 g/mol. The van der Waals surface area contributed by atoms with Gasteiger partial charge in [0.25, 0.3) is 0 Å². The fourth-order valence-corrected chi connectivity index (χ4v) is 2.62. The number of hydrogen-bond donors (Lipinski definition) is 1. The molecule has 106 valence electrons. The van der Waals surface area contributed by atoms with Crippen LogP contribution in [0.2, 0.25) is 0 Å². The maximum absolute atomic E-state index is 13.0. The topological polar surface area (TPSA) is 55.4 Å². The van der Waals surface area contributed by atoms with Crippen LogP contribution in [-0.4, -0.2) is 21.6 Å². The smallest absolute Gasteiger partial charge is 0.240 e. The van der Waals surface area contributed by atoms with Crippen molar-refractivity contribution in [2.24, 2.45) is 0 Å². The lowest BCUT2D eigenvalue weighted by Crippen LogP contribution is -2.28. The van der Waals surface area contributed by atoms with Crippen LogP contribution in [0.5, 0.6) is 5.75 Å². The second-order valence-electron chi connectivity index (χ2n) is 4.02. The van der Waals surface area contributed by atoms with Crippen LogP contribution in [0.1, 0.15) is 0 Å². The molecule has 20 heavy (non-hydrogen) atoms. The van der Waals surface area contributed by atoms with Gasteiger partial charge in [-0.15, -0.1) is 0 Å². The van der Waals surface area contributed by atoms with Crippen LogP contribution in [0.3, 0.4) is 0 Å². The lowest BCUT2D eigenvalue weighted by molar-refractivity contribution is 0.323. The molecule has 2 aromatic rings. The normalized spacial score (nSPS) is 11.2. The van der Waals surface area contributed by atoms with Gasteiger partial charge in [-0.2, -0.15) is 0 Å². The largest absolute Gasteiger partial charge is 0.492 e. The van der Waals surface area contributed by atoms with E-state index in [1.807, 2.05) is 18.2 Å². The molecular weight excluding hydrogens is 281 g/mol. The summed E-state index contributed by atoms with van der Waals surface area (Å²) in [4.78, 5) is -0.0998. The third kappa shape index (κ3) is 4.04. The summed E-state index contributed by atoms with van der Waals surface area (Å²) < 4.78 is 44.4. The minimum Gasteiger partial charge on any atom is -0.492 e. The van der Waals surface area contributed by atoms with Crippen molar-refractivity contribution in [2.45, 2.75) is 4.90 Å². The van der Waals surface area contributed by atoms with Gasteiger partial charge in [-0.05, 0) is 30.3 Å².